The van der Waals surface area contributed by atoms with Gasteiger partial charge in [-0.3, -0.25) is 9.36 Å². The molecule has 0 fully saturated rings. The molecular weight excluding hydrogens is 420 g/mol. The maximum Gasteiger partial charge on any atom is 0.234 e. The summed E-state index contributed by atoms with van der Waals surface area (Å²) in [6, 6.07) is 16.8. The fourth-order valence-electron chi connectivity index (χ4n) is 2.95. The smallest absolute Gasteiger partial charge is 0.234 e. The van der Waals surface area contributed by atoms with Gasteiger partial charge in [0.05, 0.1) is 12.0 Å². The van der Waals surface area contributed by atoms with Crippen LogP contribution in [0.3, 0.4) is 0 Å². The predicted molar refractivity (Wildman–Crippen MR) is 119 cm³/mol. The second-order valence-electron chi connectivity index (χ2n) is 6.68. The van der Waals surface area contributed by atoms with E-state index >= 15 is 0 Å². The van der Waals surface area contributed by atoms with E-state index in [1.807, 2.05) is 54.8 Å². The Morgan fingerprint density at radius 2 is 1.90 bits per heavy atom. The van der Waals surface area contributed by atoms with Gasteiger partial charge in [0.15, 0.2) is 10.9 Å². The fourth-order valence-corrected chi connectivity index (χ4v) is 3.83. The van der Waals surface area contributed by atoms with Crippen LogP contribution in [0.4, 0.5) is 5.69 Å². The molecule has 0 atom stereocenters. The lowest BCUT2D eigenvalue weighted by molar-refractivity contribution is -0.113. The van der Waals surface area contributed by atoms with Gasteiger partial charge in [-0.15, -0.1) is 10.2 Å². The molecule has 30 heavy (non-hydrogen) atoms. The average Bonchev–Trinajstić information content (AvgIpc) is 3.40. The van der Waals surface area contributed by atoms with Gasteiger partial charge >= 0.3 is 0 Å². The highest BCUT2D eigenvalue weighted by atomic mass is 35.5. The Hall–Kier alpha value is -3.03. The van der Waals surface area contributed by atoms with Crippen LogP contribution in [-0.4, -0.2) is 26.4 Å². The molecule has 0 aliphatic carbocycles. The summed E-state index contributed by atoms with van der Waals surface area (Å²) in [5, 5.41) is 12.7. The van der Waals surface area contributed by atoms with Crippen LogP contribution in [0.1, 0.15) is 11.1 Å². The Labute approximate surface area is 183 Å². The number of halogens is 1. The number of anilines is 1. The first-order chi connectivity index (χ1) is 14.5. The Kier molecular flexibility index (Phi) is 5.92. The van der Waals surface area contributed by atoms with Crippen molar-refractivity contribution in [2.24, 2.45) is 0 Å². The van der Waals surface area contributed by atoms with Crippen LogP contribution in [0.5, 0.6) is 0 Å². The molecule has 8 heteroatoms. The number of nitrogens with zero attached hydrogens (tertiary/aromatic N) is 3. The lowest BCUT2D eigenvalue weighted by Gasteiger charge is -2.11. The second kappa shape index (κ2) is 8.77. The van der Waals surface area contributed by atoms with E-state index in [2.05, 4.69) is 15.5 Å². The number of rotatable bonds is 6. The summed E-state index contributed by atoms with van der Waals surface area (Å²) in [5.74, 6) is 1.22. The third-order valence-electron chi connectivity index (χ3n) is 4.67. The van der Waals surface area contributed by atoms with Crippen molar-refractivity contribution in [1.82, 2.24) is 14.8 Å². The van der Waals surface area contributed by atoms with Crippen molar-refractivity contribution in [3.05, 3.63) is 77.0 Å². The van der Waals surface area contributed by atoms with Gasteiger partial charge in [0.2, 0.25) is 11.7 Å². The Morgan fingerprint density at radius 1 is 1.10 bits per heavy atom. The molecule has 2 aromatic heterocycles. The first kappa shape index (κ1) is 20.3. The van der Waals surface area contributed by atoms with Gasteiger partial charge < -0.3 is 9.73 Å². The molecule has 0 saturated carbocycles. The molecule has 1 N–H and O–H groups in total. The van der Waals surface area contributed by atoms with E-state index in [-0.39, 0.29) is 11.7 Å². The fraction of sp³-hybridized carbons (Fsp3) is 0.136. The van der Waals surface area contributed by atoms with E-state index in [0.29, 0.717) is 21.8 Å². The van der Waals surface area contributed by atoms with Crippen molar-refractivity contribution < 1.29 is 9.21 Å². The summed E-state index contributed by atoms with van der Waals surface area (Å²) in [7, 11) is 0. The van der Waals surface area contributed by atoms with Crippen LogP contribution in [0.25, 0.3) is 17.3 Å². The number of furan rings is 1. The molecule has 0 bridgehead atoms. The lowest BCUT2D eigenvalue weighted by atomic mass is 10.1. The van der Waals surface area contributed by atoms with Gasteiger partial charge in [-0.25, -0.2) is 0 Å². The number of carbonyl (C=O) groups is 1. The summed E-state index contributed by atoms with van der Waals surface area (Å²) < 4.78 is 7.36. The molecule has 4 rings (SSSR count). The number of hydrogen-bond donors (Lipinski definition) is 1. The molecule has 0 unspecified atom stereocenters. The SMILES string of the molecule is Cc1cccc(NC(=O)CSc2nnc(-c3ccco3)n2-c2ccc(Cl)cc2)c1C. The minimum atomic E-state index is -0.112. The number of nitrogens with one attached hydrogen (secondary N) is 1. The number of hydrogen-bond acceptors (Lipinski definition) is 5. The first-order valence-corrected chi connectivity index (χ1v) is 10.6. The summed E-state index contributed by atoms with van der Waals surface area (Å²) in [5.41, 5.74) is 3.83. The van der Waals surface area contributed by atoms with Crippen molar-refractivity contribution in [3.63, 3.8) is 0 Å². The number of aromatic nitrogens is 3. The maximum atomic E-state index is 12.6. The van der Waals surface area contributed by atoms with E-state index in [9.17, 15) is 4.79 Å². The van der Waals surface area contributed by atoms with Crippen LogP contribution in [0.2, 0.25) is 5.02 Å². The van der Waals surface area contributed by atoms with Crippen molar-refractivity contribution in [1.29, 1.82) is 0 Å². The van der Waals surface area contributed by atoms with Gasteiger partial charge in [0.25, 0.3) is 0 Å². The van der Waals surface area contributed by atoms with E-state index in [1.165, 1.54) is 11.8 Å². The summed E-state index contributed by atoms with van der Waals surface area (Å²) in [6.07, 6.45) is 1.58. The quantitative estimate of drug-likeness (QED) is 0.401. The molecular formula is C22H19ClN4O2S. The molecule has 0 spiro atoms. The van der Waals surface area contributed by atoms with E-state index < -0.39 is 0 Å². The van der Waals surface area contributed by atoms with Gasteiger partial charge in [-0.2, -0.15) is 0 Å². The molecule has 152 valence electrons. The zero-order valence-electron chi connectivity index (χ0n) is 16.4. The molecule has 0 saturated heterocycles. The van der Waals surface area contributed by atoms with Crippen molar-refractivity contribution in [3.8, 4) is 17.3 Å². The number of benzene rings is 2. The van der Waals surface area contributed by atoms with Crippen LogP contribution >= 0.6 is 23.4 Å². The summed E-state index contributed by atoms with van der Waals surface area (Å²) in [6.45, 7) is 4.01. The van der Waals surface area contributed by atoms with Crippen molar-refractivity contribution >= 4 is 35.0 Å². The number of aryl methyl sites for hydroxylation is 1. The van der Waals surface area contributed by atoms with Crippen LogP contribution < -0.4 is 5.32 Å². The lowest BCUT2D eigenvalue weighted by Crippen LogP contribution is -2.15. The topological polar surface area (TPSA) is 73.0 Å². The molecule has 0 radical (unpaired) electrons. The zero-order chi connectivity index (χ0) is 21.1. The molecule has 2 aromatic carbocycles. The predicted octanol–water partition coefficient (Wildman–Crippen LogP) is 5.53. The van der Waals surface area contributed by atoms with E-state index in [1.54, 1.807) is 24.5 Å². The molecule has 0 aliphatic heterocycles. The number of carbonyl (C=O) groups excluding carboxylic acids is 1. The summed E-state index contributed by atoms with van der Waals surface area (Å²) >= 11 is 7.34. The minimum Gasteiger partial charge on any atom is -0.461 e. The minimum absolute atomic E-state index is 0.112. The maximum absolute atomic E-state index is 12.6. The molecule has 0 aliphatic rings. The standard InChI is InChI=1S/C22H19ClN4O2S/c1-14-5-3-6-18(15(14)2)24-20(28)13-30-22-26-25-21(19-7-4-12-29-19)27(22)17-10-8-16(23)9-11-17/h3-12H,13H2,1-2H3,(H,24,28). The highest BCUT2D eigenvalue weighted by molar-refractivity contribution is 7.99. The molecule has 2 heterocycles. The van der Waals surface area contributed by atoms with Crippen molar-refractivity contribution in [2.45, 2.75) is 19.0 Å². The van der Waals surface area contributed by atoms with Gasteiger partial charge in [-0.1, -0.05) is 35.5 Å². The van der Waals surface area contributed by atoms with Crippen LogP contribution in [0, 0.1) is 13.8 Å². The normalized spacial score (nSPS) is 10.9. The largest absolute Gasteiger partial charge is 0.461 e. The number of amides is 1. The van der Waals surface area contributed by atoms with Crippen molar-refractivity contribution in [2.75, 3.05) is 11.1 Å². The third kappa shape index (κ3) is 4.27. The zero-order valence-corrected chi connectivity index (χ0v) is 18.0. The van der Waals surface area contributed by atoms with Gasteiger partial charge in [0.1, 0.15) is 0 Å². The molecule has 1 amide bonds. The van der Waals surface area contributed by atoms with Gasteiger partial charge in [-0.05, 0) is 67.4 Å². The highest BCUT2D eigenvalue weighted by Crippen LogP contribution is 2.29. The highest BCUT2D eigenvalue weighted by Gasteiger charge is 2.19. The number of thioether (sulfide) groups is 1. The summed E-state index contributed by atoms with van der Waals surface area (Å²) in [4.78, 5) is 12.6. The Morgan fingerprint density at radius 3 is 2.63 bits per heavy atom. The third-order valence-corrected chi connectivity index (χ3v) is 5.85. The van der Waals surface area contributed by atoms with Crippen LogP contribution in [-0.2, 0) is 4.79 Å². The monoisotopic (exact) mass is 438 g/mol. The molecule has 6 nitrogen and oxygen atoms in total. The van der Waals surface area contributed by atoms with E-state index in [4.69, 9.17) is 16.0 Å². The molecule has 4 aromatic rings. The average molecular weight is 439 g/mol. The van der Waals surface area contributed by atoms with Crippen LogP contribution in [0.15, 0.2) is 70.4 Å². The second-order valence-corrected chi connectivity index (χ2v) is 8.06. The Bertz CT molecular complexity index is 1170. The van der Waals surface area contributed by atoms with Gasteiger partial charge in [0, 0.05) is 16.4 Å². The Balaban J connectivity index is 1.57. The van der Waals surface area contributed by atoms with E-state index in [0.717, 1.165) is 22.5 Å². The first-order valence-electron chi connectivity index (χ1n) is 9.27.